The van der Waals surface area contributed by atoms with Crippen LogP contribution in [0.2, 0.25) is 0 Å². The van der Waals surface area contributed by atoms with E-state index in [1.54, 1.807) is 0 Å². The highest BCUT2D eigenvalue weighted by molar-refractivity contribution is 7.97. The van der Waals surface area contributed by atoms with Gasteiger partial charge in [0.1, 0.15) is 0 Å². The first-order valence-electron chi connectivity index (χ1n) is 1.70. The first-order chi connectivity index (χ1) is 4.83. The quantitative estimate of drug-likeness (QED) is 0.556. The molecule has 2 unspecified atom stereocenters. The Labute approximate surface area is 66.8 Å². The van der Waals surface area contributed by atoms with E-state index in [9.17, 15) is 16.8 Å². The van der Waals surface area contributed by atoms with Gasteiger partial charge in [-0.05, 0) is 0 Å². The maximum absolute atomic E-state index is 10.1. The molecule has 0 saturated heterocycles. The van der Waals surface area contributed by atoms with Crippen LogP contribution in [0.1, 0.15) is 0 Å². The summed E-state index contributed by atoms with van der Waals surface area (Å²) >= 11 is -6.22. The van der Waals surface area contributed by atoms with Gasteiger partial charge in [-0.2, -0.15) is 16.8 Å². The number of rotatable bonds is 4. The second-order valence-corrected chi connectivity index (χ2v) is 3.75. The molecule has 0 spiro atoms. The predicted octanol–water partition coefficient (Wildman–Crippen LogP) is -1.46. The van der Waals surface area contributed by atoms with Crippen LogP contribution in [0.4, 0.5) is 0 Å². The maximum atomic E-state index is 10.1. The summed E-state index contributed by atoms with van der Waals surface area (Å²) in [6.07, 6.45) is 0. The molecule has 2 atom stereocenters. The van der Waals surface area contributed by atoms with Crippen molar-refractivity contribution in [2.75, 3.05) is 0 Å². The highest BCUT2D eigenvalue weighted by Gasteiger charge is 2.19. The third-order valence-electron chi connectivity index (χ3n) is 0.283. The molecular weight excluding hydrogens is 224 g/mol. The first kappa shape index (κ1) is 11.1. The molecule has 8 nitrogen and oxygen atoms in total. The fraction of sp³-hybridized carbons (Fsp3) is 0. The van der Waals surface area contributed by atoms with Crippen LogP contribution in [0.3, 0.4) is 0 Å². The molecule has 0 amide bonds. The van der Waals surface area contributed by atoms with Crippen molar-refractivity contribution in [2.24, 2.45) is 0 Å². The normalized spacial score (nSPS) is 17.6. The van der Waals surface area contributed by atoms with Crippen LogP contribution in [0.15, 0.2) is 0 Å². The molecule has 0 aliphatic carbocycles. The molecule has 0 radical (unpaired) electrons. The fourth-order valence-electron chi connectivity index (χ4n) is 0.154. The van der Waals surface area contributed by atoms with Crippen molar-refractivity contribution in [2.45, 2.75) is 0 Å². The molecule has 2 N–H and O–H groups in total. The largest absolute Gasteiger partial charge is 0.429 e. The maximum Gasteiger partial charge on any atom is 0.429 e. The lowest BCUT2D eigenvalue weighted by atomic mass is 15.7. The van der Waals surface area contributed by atoms with Crippen molar-refractivity contribution in [1.29, 1.82) is 0 Å². The van der Waals surface area contributed by atoms with Crippen molar-refractivity contribution in [3.05, 3.63) is 0 Å². The molecule has 0 saturated carbocycles. The van der Waals surface area contributed by atoms with E-state index < -0.39 is 33.1 Å². The van der Waals surface area contributed by atoms with Gasteiger partial charge >= 0.3 is 33.1 Å². The average Bonchev–Trinajstić information content (AvgIpc) is 1.53. The zero-order valence-electron chi connectivity index (χ0n) is 4.57. The van der Waals surface area contributed by atoms with E-state index in [1.165, 1.54) is 0 Å². The van der Waals surface area contributed by atoms with Gasteiger partial charge in [-0.25, -0.2) is 0 Å². The Hall–Kier alpha value is 0.0900. The second-order valence-electron chi connectivity index (χ2n) is 0.979. The molecular formula is H2O8S3. The van der Waals surface area contributed by atoms with E-state index in [4.69, 9.17) is 9.11 Å². The smallest absolute Gasteiger partial charge is 0.283 e. The molecule has 0 rings (SSSR count). The summed E-state index contributed by atoms with van der Waals surface area (Å²) in [5.41, 5.74) is 0. The summed E-state index contributed by atoms with van der Waals surface area (Å²) in [4.78, 5) is 0. The molecule has 11 heteroatoms. The van der Waals surface area contributed by atoms with Crippen LogP contribution >= 0.6 is 0 Å². The lowest BCUT2D eigenvalue weighted by Crippen LogP contribution is -2.12. The summed E-state index contributed by atoms with van der Waals surface area (Å²) in [6.45, 7) is 0. The monoisotopic (exact) mass is 226 g/mol. The molecule has 68 valence electrons. The van der Waals surface area contributed by atoms with Gasteiger partial charge < -0.3 is 0 Å². The Bertz CT molecular complexity index is 235. The van der Waals surface area contributed by atoms with Gasteiger partial charge in [0.25, 0.3) is 0 Å². The third kappa shape index (κ3) is 6.49. The molecule has 0 fully saturated rings. The first-order valence-corrected chi connectivity index (χ1v) is 5.10. The molecule has 0 aromatic heterocycles. The summed E-state index contributed by atoms with van der Waals surface area (Å²) in [7, 11) is -4.88. The van der Waals surface area contributed by atoms with Crippen molar-refractivity contribution in [3.63, 3.8) is 0 Å². The van der Waals surface area contributed by atoms with E-state index >= 15 is 0 Å². The van der Waals surface area contributed by atoms with Crippen molar-refractivity contribution in [3.8, 4) is 0 Å². The molecule has 0 aromatic rings. The SMILES string of the molecule is O=S(O)OS(=O)(=O)OS(=O)O. The Morgan fingerprint density at radius 3 is 1.45 bits per heavy atom. The summed E-state index contributed by atoms with van der Waals surface area (Å²) in [5, 5.41) is 0. The number of hydrogen-bond donors (Lipinski definition) is 2. The molecule has 11 heavy (non-hydrogen) atoms. The van der Waals surface area contributed by atoms with Gasteiger partial charge in [0.15, 0.2) is 0 Å². The predicted molar refractivity (Wildman–Crippen MR) is 32.6 cm³/mol. The summed E-state index contributed by atoms with van der Waals surface area (Å²) < 4.78 is 61.5. The fourth-order valence-corrected chi connectivity index (χ4v) is 1.59. The Morgan fingerprint density at radius 2 is 1.27 bits per heavy atom. The Kier molecular flexibility index (Phi) is 4.23. The van der Waals surface area contributed by atoms with E-state index in [1.807, 2.05) is 0 Å². The number of hydrogen-bond acceptors (Lipinski definition) is 6. The molecule has 0 bridgehead atoms. The molecule has 0 aliphatic rings. The minimum absolute atomic E-state index is 3.11. The summed E-state index contributed by atoms with van der Waals surface area (Å²) in [5.74, 6) is 0. The zero-order chi connectivity index (χ0) is 9.07. The highest BCUT2D eigenvalue weighted by Crippen LogP contribution is 1.98. The molecule has 0 aromatic carbocycles. The molecule has 0 aliphatic heterocycles. The van der Waals surface area contributed by atoms with E-state index in [0.717, 1.165) is 0 Å². The Morgan fingerprint density at radius 1 is 1.00 bits per heavy atom. The third-order valence-corrected chi connectivity index (χ3v) is 2.55. The topological polar surface area (TPSA) is 127 Å². The van der Waals surface area contributed by atoms with Crippen LogP contribution in [0.25, 0.3) is 0 Å². The van der Waals surface area contributed by atoms with Crippen LogP contribution in [-0.4, -0.2) is 25.9 Å². The standard InChI is InChI=1S/H2O8S3/c1-9(2)7-11(5,6)8-10(3)4/h(H,1,2)(H,3,4). The second kappa shape index (κ2) is 4.20. The van der Waals surface area contributed by atoms with Crippen LogP contribution in [-0.2, 0) is 40.4 Å². The highest BCUT2D eigenvalue weighted by atomic mass is 32.3. The zero-order valence-corrected chi connectivity index (χ0v) is 7.02. The lowest BCUT2D eigenvalue weighted by molar-refractivity contribution is 0.372. The van der Waals surface area contributed by atoms with E-state index in [-0.39, 0.29) is 0 Å². The van der Waals surface area contributed by atoms with Crippen molar-refractivity contribution >= 4 is 33.1 Å². The van der Waals surface area contributed by atoms with Gasteiger partial charge in [-0.15, -0.1) is 7.26 Å². The molecule has 0 heterocycles. The van der Waals surface area contributed by atoms with Gasteiger partial charge in [0.2, 0.25) is 0 Å². The minimum Gasteiger partial charge on any atom is -0.283 e. The van der Waals surface area contributed by atoms with Crippen molar-refractivity contribution in [1.82, 2.24) is 0 Å². The van der Waals surface area contributed by atoms with Crippen molar-refractivity contribution < 1.29 is 33.2 Å². The minimum atomic E-state index is -4.88. The van der Waals surface area contributed by atoms with Gasteiger partial charge in [-0.3, -0.25) is 9.11 Å². The van der Waals surface area contributed by atoms with Crippen LogP contribution < -0.4 is 0 Å². The van der Waals surface area contributed by atoms with Gasteiger partial charge in [0, 0.05) is 0 Å². The summed E-state index contributed by atoms with van der Waals surface area (Å²) in [6, 6.07) is 0. The lowest BCUT2D eigenvalue weighted by Gasteiger charge is -1.95. The van der Waals surface area contributed by atoms with E-state index in [2.05, 4.69) is 7.26 Å². The van der Waals surface area contributed by atoms with Gasteiger partial charge in [0.05, 0.1) is 0 Å². The average molecular weight is 226 g/mol. The van der Waals surface area contributed by atoms with Gasteiger partial charge in [-0.1, -0.05) is 0 Å². The Balaban J connectivity index is 4.25. The van der Waals surface area contributed by atoms with Crippen LogP contribution in [0.5, 0.6) is 0 Å². The van der Waals surface area contributed by atoms with Crippen LogP contribution in [0, 0.1) is 0 Å². The van der Waals surface area contributed by atoms with E-state index in [0.29, 0.717) is 0 Å².